The molecule has 1 fully saturated rings. The van der Waals surface area contributed by atoms with Crippen molar-refractivity contribution >= 4 is 11.8 Å². The molecule has 0 amide bonds. The summed E-state index contributed by atoms with van der Waals surface area (Å²) in [6, 6.07) is 0.832. The molecule has 1 rings (SSSR count). The van der Waals surface area contributed by atoms with Gasteiger partial charge in [0.15, 0.2) is 0 Å². The molecule has 1 saturated heterocycles. The predicted octanol–water partition coefficient (Wildman–Crippen LogP) is 2.86. The Balaban J connectivity index is 2.33. The monoisotopic (exact) mass is 201 g/mol. The van der Waals surface area contributed by atoms with Crippen LogP contribution in [0, 0.1) is 5.92 Å². The first-order valence-electron chi connectivity index (χ1n) is 5.51. The normalized spacial score (nSPS) is 30.7. The van der Waals surface area contributed by atoms with E-state index < -0.39 is 0 Å². The van der Waals surface area contributed by atoms with E-state index >= 15 is 0 Å². The van der Waals surface area contributed by atoms with Gasteiger partial charge in [-0.25, -0.2) is 0 Å². The van der Waals surface area contributed by atoms with Crippen molar-refractivity contribution in [2.75, 3.05) is 25.1 Å². The molecule has 2 heteroatoms. The lowest BCUT2D eigenvalue weighted by Gasteiger charge is -2.37. The zero-order valence-electron chi connectivity index (χ0n) is 9.25. The van der Waals surface area contributed by atoms with Gasteiger partial charge >= 0.3 is 0 Å². The number of thioether (sulfide) groups is 1. The van der Waals surface area contributed by atoms with Crippen LogP contribution in [-0.2, 0) is 0 Å². The van der Waals surface area contributed by atoms with E-state index in [0.29, 0.717) is 0 Å². The highest BCUT2D eigenvalue weighted by Gasteiger charge is 2.23. The average molecular weight is 201 g/mol. The van der Waals surface area contributed by atoms with Gasteiger partial charge in [-0.2, -0.15) is 11.8 Å². The standard InChI is InChI=1S/C11H23NS/c1-4-7-12-8-11(9-13-3)6-5-10(12)2/h10-11H,4-9H2,1-3H3/t10?,11-/m1/s1. The minimum absolute atomic E-state index is 0.832. The Hall–Kier alpha value is 0.310. The first-order chi connectivity index (χ1) is 6.27. The Morgan fingerprint density at radius 3 is 2.77 bits per heavy atom. The van der Waals surface area contributed by atoms with Gasteiger partial charge in [0.25, 0.3) is 0 Å². The molecule has 0 spiro atoms. The second-order valence-electron chi connectivity index (χ2n) is 4.24. The number of nitrogens with zero attached hydrogens (tertiary/aromatic N) is 1. The Bertz CT molecular complexity index is 138. The summed E-state index contributed by atoms with van der Waals surface area (Å²) in [5.41, 5.74) is 0. The van der Waals surface area contributed by atoms with Gasteiger partial charge in [-0.15, -0.1) is 0 Å². The van der Waals surface area contributed by atoms with Gasteiger partial charge in [-0.05, 0) is 50.7 Å². The molecule has 1 heterocycles. The van der Waals surface area contributed by atoms with Crippen molar-refractivity contribution < 1.29 is 0 Å². The van der Waals surface area contributed by atoms with E-state index in [1.54, 1.807) is 0 Å². The van der Waals surface area contributed by atoms with Gasteiger partial charge in [0.2, 0.25) is 0 Å². The smallest absolute Gasteiger partial charge is 0.00671 e. The molecule has 0 saturated carbocycles. The van der Waals surface area contributed by atoms with Crippen LogP contribution in [0.5, 0.6) is 0 Å². The van der Waals surface area contributed by atoms with Crippen molar-refractivity contribution in [1.29, 1.82) is 0 Å². The molecule has 0 bridgehead atoms. The molecular formula is C11H23NS. The molecule has 1 unspecified atom stereocenters. The van der Waals surface area contributed by atoms with Crippen molar-refractivity contribution in [1.82, 2.24) is 4.90 Å². The van der Waals surface area contributed by atoms with Gasteiger partial charge in [0, 0.05) is 12.6 Å². The molecular weight excluding hydrogens is 178 g/mol. The van der Waals surface area contributed by atoms with Gasteiger partial charge in [-0.1, -0.05) is 6.92 Å². The summed E-state index contributed by atoms with van der Waals surface area (Å²) in [6.07, 6.45) is 6.38. The predicted molar refractivity (Wildman–Crippen MR) is 62.4 cm³/mol. The highest BCUT2D eigenvalue weighted by molar-refractivity contribution is 7.98. The number of piperidine rings is 1. The van der Waals surface area contributed by atoms with Crippen LogP contribution in [0.25, 0.3) is 0 Å². The van der Waals surface area contributed by atoms with Crippen LogP contribution in [0.15, 0.2) is 0 Å². The first-order valence-corrected chi connectivity index (χ1v) is 6.90. The first kappa shape index (κ1) is 11.4. The highest BCUT2D eigenvalue weighted by Crippen LogP contribution is 2.23. The van der Waals surface area contributed by atoms with Crippen molar-refractivity contribution in [3.8, 4) is 0 Å². The summed E-state index contributed by atoms with van der Waals surface area (Å²) in [5.74, 6) is 2.31. The fourth-order valence-corrected chi connectivity index (χ4v) is 2.98. The van der Waals surface area contributed by atoms with E-state index in [4.69, 9.17) is 0 Å². The molecule has 13 heavy (non-hydrogen) atoms. The molecule has 0 N–H and O–H groups in total. The molecule has 0 aliphatic carbocycles. The van der Waals surface area contributed by atoms with Crippen LogP contribution in [0.2, 0.25) is 0 Å². The summed E-state index contributed by atoms with van der Waals surface area (Å²) in [4.78, 5) is 2.67. The zero-order chi connectivity index (χ0) is 9.68. The summed E-state index contributed by atoms with van der Waals surface area (Å²) in [5, 5.41) is 0. The lowest BCUT2D eigenvalue weighted by molar-refractivity contribution is 0.127. The highest BCUT2D eigenvalue weighted by atomic mass is 32.2. The molecule has 1 aliphatic heterocycles. The fraction of sp³-hybridized carbons (Fsp3) is 1.00. The van der Waals surface area contributed by atoms with E-state index in [1.807, 2.05) is 11.8 Å². The van der Waals surface area contributed by atoms with E-state index in [-0.39, 0.29) is 0 Å². The maximum Gasteiger partial charge on any atom is 0.00671 e. The topological polar surface area (TPSA) is 3.24 Å². The van der Waals surface area contributed by atoms with E-state index in [9.17, 15) is 0 Å². The Morgan fingerprint density at radius 2 is 2.15 bits per heavy atom. The fourth-order valence-electron chi connectivity index (χ4n) is 2.23. The Morgan fingerprint density at radius 1 is 1.38 bits per heavy atom. The summed E-state index contributed by atoms with van der Waals surface area (Å²) >= 11 is 2.00. The van der Waals surface area contributed by atoms with Gasteiger partial charge in [-0.3, -0.25) is 0 Å². The van der Waals surface area contributed by atoms with Crippen LogP contribution in [0.1, 0.15) is 33.1 Å². The lowest BCUT2D eigenvalue weighted by Crippen LogP contribution is -2.42. The third-order valence-electron chi connectivity index (χ3n) is 3.02. The van der Waals surface area contributed by atoms with Crippen molar-refractivity contribution in [2.45, 2.75) is 39.2 Å². The zero-order valence-corrected chi connectivity index (χ0v) is 10.1. The van der Waals surface area contributed by atoms with Gasteiger partial charge in [0.05, 0.1) is 0 Å². The number of rotatable bonds is 4. The average Bonchev–Trinajstić information content (AvgIpc) is 2.12. The summed E-state index contributed by atoms with van der Waals surface area (Å²) in [6.45, 7) is 7.30. The largest absolute Gasteiger partial charge is 0.300 e. The maximum atomic E-state index is 2.67. The lowest BCUT2D eigenvalue weighted by atomic mass is 9.95. The van der Waals surface area contributed by atoms with E-state index in [2.05, 4.69) is 25.0 Å². The van der Waals surface area contributed by atoms with Crippen molar-refractivity contribution in [3.05, 3.63) is 0 Å². The molecule has 0 aromatic rings. The minimum Gasteiger partial charge on any atom is -0.300 e. The van der Waals surface area contributed by atoms with Crippen LogP contribution in [-0.4, -0.2) is 36.0 Å². The summed E-state index contributed by atoms with van der Waals surface area (Å²) < 4.78 is 0. The van der Waals surface area contributed by atoms with Gasteiger partial charge < -0.3 is 4.90 Å². The molecule has 0 radical (unpaired) electrons. The van der Waals surface area contributed by atoms with Crippen LogP contribution in [0.3, 0.4) is 0 Å². The Kier molecular flexibility index (Phi) is 5.18. The maximum absolute atomic E-state index is 2.67. The molecule has 1 nitrogen and oxygen atoms in total. The quantitative estimate of drug-likeness (QED) is 0.688. The second kappa shape index (κ2) is 5.92. The van der Waals surface area contributed by atoms with Crippen molar-refractivity contribution in [3.63, 3.8) is 0 Å². The number of hydrogen-bond donors (Lipinski definition) is 0. The molecule has 0 aromatic heterocycles. The van der Waals surface area contributed by atoms with Crippen molar-refractivity contribution in [2.24, 2.45) is 5.92 Å². The molecule has 2 atom stereocenters. The Labute approximate surface area is 87.3 Å². The van der Waals surface area contributed by atoms with E-state index in [0.717, 1.165) is 12.0 Å². The molecule has 0 aromatic carbocycles. The van der Waals surface area contributed by atoms with Crippen LogP contribution >= 0.6 is 11.8 Å². The van der Waals surface area contributed by atoms with Crippen LogP contribution in [0.4, 0.5) is 0 Å². The van der Waals surface area contributed by atoms with E-state index in [1.165, 1.54) is 38.1 Å². The molecule has 1 aliphatic rings. The summed E-state index contributed by atoms with van der Waals surface area (Å²) in [7, 11) is 0. The third-order valence-corrected chi connectivity index (χ3v) is 3.83. The second-order valence-corrected chi connectivity index (χ2v) is 5.15. The van der Waals surface area contributed by atoms with Crippen LogP contribution < -0.4 is 0 Å². The molecule has 78 valence electrons. The van der Waals surface area contributed by atoms with Gasteiger partial charge in [0.1, 0.15) is 0 Å². The third kappa shape index (κ3) is 3.51. The number of hydrogen-bond acceptors (Lipinski definition) is 2. The minimum atomic E-state index is 0.832. The number of likely N-dealkylation sites (tertiary alicyclic amines) is 1. The SMILES string of the molecule is CCCN1C[C@H](CSC)CCC1C.